The maximum atomic E-state index is 12.3. The average Bonchev–Trinajstić information content (AvgIpc) is 2.54. The summed E-state index contributed by atoms with van der Waals surface area (Å²) < 4.78 is 27.3. The summed E-state index contributed by atoms with van der Waals surface area (Å²) in [6, 6.07) is 5.43. The number of carbonyl (C=O) groups is 1. The van der Waals surface area contributed by atoms with Crippen molar-refractivity contribution in [2.75, 3.05) is 26.2 Å². The first-order valence-electron chi connectivity index (χ1n) is 8.33. The molecule has 0 atom stereocenters. The average molecular weight is 354 g/mol. The van der Waals surface area contributed by atoms with Crippen molar-refractivity contribution < 1.29 is 18.3 Å². The van der Waals surface area contributed by atoms with E-state index in [1.807, 2.05) is 0 Å². The van der Waals surface area contributed by atoms with Crippen LogP contribution < -0.4 is 4.72 Å². The summed E-state index contributed by atoms with van der Waals surface area (Å²) in [4.78, 5) is 13.4. The summed E-state index contributed by atoms with van der Waals surface area (Å²) >= 11 is 0. The van der Waals surface area contributed by atoms with Gasteiger partial charge in [0.15, 0.2) is 0 Å². The van der Waals surface area contributed by atoms with Crippen LogP contribution in [-0.4, -0.2) is 50.6 Å². The second kappa shape index (κ2) is 8.09. The van der Waals surface area contributed by atoms with E-state index >= 15 is 0 Å². The van der Waals surface area contributed by atoms with Gasteiger partial charge in [-0.25, -0.2) is 17.9 Å². The van der Waals surface area contributed by atoms with Gasteiger partial charge in [-0.05, 0) is 56.0 Å². The van der Waals surface area contributed by atoms with Crippen LogP contribution >= 0.6 is 0 Å². The molecule has 6 nitrogen and oxygen atoms in total. The predicted molar refractivity (Wildman–Crippen MR) is 92.6 cm³/mol. The number of nitrogens with zero attached hydrogens (tertiary/aromatic N) is 1. The van der Waals surface area contributed by atoms with E-state index in [2.05, 4.69) is 23.5 Å². The van der Waals surface area contributed by atoms with Crippen molar-refractivity contribution in [2.24, 2.45) is 11.8 Å². The van der Waals surface area contributed by atoms with Gasteiger partial charge >= 0.3 is 5.97 Å². The third-order valence-electron chi connectivity index (χ3n) is 4.28. The maximum Gasteiger partial charge on any atom is 0.335 e. The highest BCUT2D eigenvalue weighted by atomic mass is 32.2. The Kier molecular flexibility index (Phi) is 6.37. The van der Waals surface area contributed by atoms with Crippen LogP contribution in [0.5, 0.6) is 0 Å². The summed E-state index contributed by atoms with van der Waals surface area (Å²) in [5.74, 6) is -0.169. The first-order chi connectivity index (χ1) is 11.3. The third kappa shape index (κ3) is 5.29. The van der Waals surface area contributed by atoms with Gasteiger partial charge in [0, 0.05) is 13.1 Å². The number of carboxylic acid groups (broad SMARTS) is 1. The molecule has 24 heavy (non-hydrogen) atoms. The number of nitrogens with one attached hydrogen (secondary N) is 1. The van der Waals surface area contributed by atoms with E-state index in [1.165, 1.54) is 24.3 Å². The fraction of sp³-hybridized carbons (Fsp3) is 0.588. The van der Waals surface area contributed by atoms with Gasteiger partial charge in [-0.3, -0.25) is 0 Å². The third-order valence-corrected chi connectivity index (χ3v) is 5.71. The van der Waals surface area contributed by atoms with E-state index in [1.54, 1.807) is 0 Å². The summed E-state index contributed by atoms with van der Waals surface area (Å²) in [5.41, 5.74) is -0.0279. The maximum absolute atomic E-state index is 12.3. The van der Waals surface area contributed by atoms with E-state index in [0.29, 0.717) is 18.4 Å². The van der Waals surface area contributed by atoms with Crippen molar-refractivity contribution >= 4 is 16.0 Å². The van der Waals surface area contributed by atoms with Gasteiger partial charge in [-0.1, -0.05) is 19.9 Å². The largest absolute Gasteiger partial charge is 0.478 e. The zero-order valence-corrected chi connectivity index (χ0v) is 15.1. The lowest BCUT2D eigenvalue weighted by molar-refractivity contribution is 0.0696. The van der Waals surface area contributed by atoms with Crippen molar-refractivity contribution in [3.05, 3.63) is 29.8 Å². The van der Waals surface area contributed by atoms with Crippen LogP contribution in [-0.2, 0) is 10.0 Å². The quantitative estimate of drug-likeness (QED) is 0.782. The van der Waals surface area contributed by atoms with Crippen molar-refractivity contribution in [1.82, 2.24) is 9.62 Å². The van der Waals surface area contributed by atoms with E-state index < -0.39 is 16.0 Å². The highest BCUT2D eigenvalue weighted by Gasteiger charge is 2.22. The molecular weight excluding hydrogens is 328 g/mol. The molecule has 1 fully saturated rings. The molecule has 0 unspecified atom stereocenters. The Hall–Kier alpha value is -1.44. The lowest BCUT2D eigenvalue weighted by Crippen LogP contribution is -2.40. The number of hydrogen-bond donors (Lipinski definition) is 2. The van der Waals surface area contributed by atoms with E-state index in [9.17, 15) is 13.2 Å². The number of sulfonamides is 1. The molecule has 1 aliphatic heterocycles. The molecule has 7 heteroatoms. The van der Waals surface area contributed by atoms with Crippen molar-refractivity contribution in [1.29, 1.82) is 0 Å². The fourth-order valence-corrected chi connectivity index (χ4v) is 4.16. The van der Waals surface area contributed by atoms with Gasteiger partial charge in [-0.2, -0.15) is 0 Å². The Morgan fingerprint density at radius 3 is 2.58 bits per heavy atom. The summed E-state index contributed by atoms with van der Waals surface area (Å²) in [7, 11) is -3.68. The second-order valence-electron chi connectivity index (χ2n) is 6.82. The molecule has 134 valence electrons. The molecule has 0 aromatic heterocycles. The molecule has 1 heterocycles. The van der Waals surface area contributed by atoms with Gasteiger partial charge in [-0.15, -0.1) is 0 Å². The standard InChI is InChI=1S/C17H26N2O4S/c1-13(2)12-19-8-6-14(7-9-19)11-18-24(22,23)16-5-3-4-15(10-16)17(20)21/h3-5,10,13-14,18H,6-9,11-12H2,1-2H3,(H,20,21). The summed E-state index contributed by atoms with van der Waals surface area (Å²) in [5, 5.41) is 8.98. The highest BCUT2D eigenvalue weighted by molar-refractivity contribution is 7.89. The Morgan fingerprint density at radius 1 is 1.33 bits per heavy atom. The van der Waals surface area contributed by atoms with E-state index in [-0.39, 0.29) is 10.5 Å². The minimum atomic E-state index is -3.68. The molecule has 1 aromatic rings. The molecule has 0 radical (unpaired) electrons. The molecule has 2 N–H and O–H groups in total. The predicted octanol–water partition coefficient (Wildman–Crippen LogP) is 2.03. The number of piperidine rings is 1. The minimum absolute atomic E-state index is 0.000330. The molecule has 2 rings (SSSR count). The molecule has 0 amide bonds. The summed E-state index contributed by atoms with van der Waals surface area (Å²) in [6.07, 6.45) is 1.95. The van der Waals surface area contributed by atoms with Crippen LogP contribution in [0.15, 0.2) is 29.2 Å². The van der Waals surface area contributed by atoms with Crippen LogP contribution in [0.2, 0.25) is 0 Å². The molecular formula is C17H26N2O4S. The Morgan fingerprint density at radius 2 is 2.00 bits per heavy atom. The van der Waals surface area contributed by atoms with Crippen LogP contribution in [0.3, 0.4) is 0 Å². The number of likely N-dealkylation sites (tertiary alicyclic amines) is 1. The molecule has 0 spiro atoms. The topological polar surface area (TPSA) is 86.7 Å². The first-order valence-corrected chi connectivity index (χ1v) is 9.81. The van der Waals surface area contributed by atoms with Crippen molar-refractivity contribution in [3.8, 4) is 0 Å². The van der Waals surface area contributed by atoms with Gasteiger partial charge in [0.1, 0.15) is 0 Å². The lowest BCUT2D eigenvalue weighted by atomic mass is 9.96. The SMILES string of the molecule is CC(C)CN1CCC(CNS(=O)(=O)c2cccc(C(=O)O)c2)CC1. The van der Waals surface area contributed by atoms with Gasteiger partial charge in [0.25, 0.3) is 0 Å². The number of carboxylic acids is 1. The second-order valence-corrected chi connectivity index (χ2v) is 8.59. The van der Waals surface area contributed by atoms with E-state index in [0.717, 1.165) is 32.5 Å². The van der Waals surface area contributed by atoms with Crippen LogP contribution in [0.25, 0.3) is 0 Å². The molecule has 1 aromatic carbocycles. The number of aromatic carboxylic acids is 1. The normalized spacial score (nSPS) is 17.3. The van der Waals surface area contributed by atoms with Crippen LogP contribution in [0.1, 0.15) is 37.0 Å². The number of rotatable bonds is 7. The monoisotopic (exact) mass is 354 g/mol. The summed E-state index contributed by atoms with van der Waals surface area (Å²) in [6.45, 7) is 7.88. The first kappa shape index (κ1) is 18.9. The van der Waals surface area contributed by atoms with Crippen molar-refractivity contribution in [3.63, 3.8) is 0 Å². The van der Waals surface area contributed by atoms with Crippen molar-refractivity contribution in [2.45, 2.75) is 31.6 Å². The molecule has 0 aliphatic carbocycles. The Balaban J connectivity index is 1.90. The van der Waals surface area contributed by atoms with Gasteiger partial charge in [0.05, 0.1) is 10.5 Å². The molecule has 1 aliphatic rings. The zero-order chi connectivity index (χ0) is 17.7. The number of benzene rings is 1. The van der Waals surface area contributed by atoms with Crippen LogP contribution in [0, 0.1) is 11.8 Å². The molecule has 0 saturated carbocycles. The highest BCUT2D eigenvalue weighted by Crippen LogP contribution is 2.19. The van der Waals surface area contributed by atoms with Crippen LogP contribution in [0.4, 0.5) is 0 Å². The zero-order valence-electron chi connectivity index (χ0n) is 14.2. The van der Waals surface area contributed by atoms with Gasteiger partial charge in [0.2, 0.25) is 10.0 Å². The Labute approximate surface area is 143 Å². The Bertz CT molecular complexity index is 665. The lowest BCUT2D eigenvalue weighted by Gasteiger charge is -2.33. The van der Waals surface area contributed by atoms with E-state index in [4.69, 9.17) is 5.11 Å². The molecule has 0 bridgehead atoms. The molecule has 1 saturated heterocycles. The fourth-order valence-electron chi connectivity index (χ4n) is 3.00. The smallest absolute Gasteiger partial charge is 0.335 e. The minimum Gasteiger partial charge on any atom is -0.478 e. The van der Waals surface area contributed by atoms with Gasteiger partial charge < -0.3 is 10.0 Å². The number of hydrogen-bond acceptors (Lipinski definition) is 4.